The zero-order valence-corrected chi connectivity index (χ0v) is 12.6. The highest BCUT2D eigenvalue weighted by Gasteiger charge is 2.21. The normalized spacial score (nSPS) is 20.7. The topological polar surface area (TPSA) is 53.6 Å². The van der Waals surface area contributed by atoms with Crippen molar-refractivity contribution in [2.24, 2.45) is 5.92 Å². The lowest BCUT2D eigenvalue weighted by molar-refractivity contribution is -0.120. The molecule has 2 N–H and O–H groups in total. The quantitative estimate of drug-likeness (QED) is 0.630. The van der Waals surface area contributed by atoms with E-state index in [4.69, 9.17) is 4.74 Å². The van der Waals surface area contributed by atoms with Gasteiger partial charge in [-0.2, -0.15) is 0 Å². The predicted molar refractivity (Wildman–Crippen MR) is 77.2 cm³/mol. The number of amides is 1. The van der Waals surface area contributed by atoms with Gasteiger partial charge in [-0.1, -0.05) is 0 Å². The number of carbonyl (C=O) groups is 1. The molecular formula is C14H29N3O2. The van der Waals surface area contributed by atoms with Crippen LogP contribution in [0.15, 0.2) is 0 Å². The molecule has 112 valence electrons. The molecule has 0 aliphatic carbocycles. The molecule has 0 aromatic rings. The molecule has 1 heterocycles. The van der Waals surface area contributed by atoms with E-state index in [0.717, 1.165) is 13.1 Å². The molecule has 0 aromatic heterocycles. The number of piperidine rings is 1. The lowest BCUT2D eigenvalue weighted by Gasteiger charge is -2.35. The number of likely N-dealkylation sites (tertiary alicyclic amines) is 1. The summed E-state index contributed by atoms with van der Waals surface area (Å²) in [7, 11) is 1.66. The monoisotopic (exact) mass is 271 g/mol. The zero-order chi connectivity index (χ0) is 14.1. The molecule has 5 heteroatoms. The summed E-state index contributed by atoms with van der Waals surface area (Å²) in [4.78, 5) is 14.1. The first-order valence-corrected chi connectivity index (χ1v) is 7.34. The third-order valence-electron chi connectivity index (χ3n) is 3.64. The first-order valence-electron chi connectivity index (χ1n) is 7.34. The van der Waals surface area contributed by atoms with Crippen molar-refractivity contribution in [1.82, 2.24) is 15.5 Å². The second-order valence-corrected chi connectivity index (χ2v) is 5.57. The van der Waals surface area contributed by atoms with Crippen LogP contribution < -0.4 is 10.6 Å². The second-order valence-electron chi connectivity index (χ2n) is 5.57. The molecule has 1 unspecified atom stereocenters. The Labute approximate surface area is 117 Å². The van der Waals surface area contributed by atoms with Crippen LogP contribution in [-0.4, -0.2) is 63.3 Å². The maximum absolute atomic E-state index is 11.6. The number of hydrogen-bond donors (Lipinski definition) is 2. The number of methoxy groups -OCH3 is 1. The minimum atomic E-state index is 0.0813. The van der Waals surface area contributed by atoms with Crippen molar-refractivity contribution in [2.45, 2.75) is 32.7 Å². The fourth-order valence-electron chi connectivity index (χ4n) is 2.43. The van der Waals surface area contributed by atoms with E-state index < -0.39 is 0 Å². The summed E-state index contributed by atoms with van der Waals surface area (Å²) in [6.45, 7) is 9.31. The Balaban J connectivity index is 2.12. The molecule has 5 nitrogen and oxygen atoms in total. The van der Waals surface area contributed by atoms with E-state index in [1.807, 2.05) is 0 Å². The fourth-order valence-corrected chi connectivity index (χ4v) is 2.43. The molecule has 0 spiro atoms. The summed E-state index contributed by atoms with van der Waals surface area (Å²) >= 11 is 0. The molecule has 1 amide bonds. The van der Waals surface area contributed by atoms with Crippen molar-refractivity contribution in [2.75, 3.05) is 46.4 Å². The highest BCUT2D eigenvalue weighted by atomic mass is 16.5. The predicted octanol–water partition coefficient (Wildman–Crippen LogP) is 0.459. The third kappa shape index (κ3) is 6.89. The number of carbonyl (C=O) groups excluding carboxylic acids is 1. The van der Waals surface area contributed by atoms with Crippen molar-refractivity contribution < 1.29 is 9.53 Å². The minimum Gasteiger partial charge on any atom is -0.383 e. The van der Waals surface area contributed by atoms with Crippen molar-refractivity contribution >= 4 is 5.91 Å². The lowest BCUT2D eigenvalue weighted by atomic mass is 9.97. The molecule has 1 rings (SSSR count). The van der Waals surface area contributed by atoms with Gasteiger partial charge in [0.2, 0.25) is 5.91 Å². The number of nitrogens with zero attached hydrogens (tertiary/aromatic N) is 1. The van der Waals surface area contributed by atoms with Gasteiger partial charge >= 0.3 is 0 Å². The first kappa shape index (κ1) is 16.4. The fraction of sp³-hybridized carbons (Fsp3) is 0.929. The van der Waals surface area contributed by atoms with Gasteiger partial charge in [0.15, 0.2) is 0 Å². The number of hydrogen-bond acceptors (Lipinski definition) is 4. The van der Waals surface area contributed by atoms with E-state index in [0.29, 0.717) is 31.7 Å². The van der Waals surface area contributed by atoms with Crippen LogP contribution in [0.2, 0.25) is 0 Å². The molecule has 1 saturated heterocycles. The summed E-state index contributed by atoms with van der Waals surface area (Å²) in [6.07, 6.45) is 2.46. The maximum Gasteiger partial charge on any atom is 0.233 e. The van der Waals surface area contributed by atoms with Crippen LogP contribution in [0.25, 0.3) is 0 Å². The largest absolute Gasteiger partial charge is 0.383 e. The summed E-state index contributed by atoms with van der Waals surface area (Å²) in [5.74, 6) is 0.678. The van der Waals surface area contributed by atoms with Crippen molar-refractivity contribution in [3.05, 3.63) is 0 Å². The van der Waals surface area contributed by atoms with Crippen molar-refractivity contribution in [1.29, 1.82) is 0 Å². The van der Waals surface area contributed by atoms with E-state index in [1.54, 1.807) is 7.11 Å². The van der Waals surface area contributed by atoms with E-state index in [1.165, 1.54) is 19.4 Å². The highest BCUT2D eigenvalue weighted by Crippen LogP contribution is 2.17. The van der Waals surface area contributed by atoms with Crippen molar-refractivity contribution in [3.63, 3.8) is 0 Å². The van der Waals surface area contributed by atoms with Gasteiger partial charge in [-0.05, 0) is 39.2 Å². The highest BCUT2D eigenvalue weighted by molar-refractivity contribution is 5.77. The molecule has 1 aliphatic rings. The molecule has 1 atom stereocenters. The molecular weight excluding hydrogens is 242 g/mol. The van der Waals surface area contributed by atoms with E-state index in [9.17, 15) is 4.79 Å². The van der Waals surface area contributed by atoms with Gasteiger partial charge < -0.3 is 20.3 Å². The van der Waals surface area contributed by atoms with E-state index >= 15 is 0 Å². The van der Waals surface area contributed by atoms with Crippen LogP contribution in [-0.2, 0) is 9.53 Å². The molecule has 0 radical (unpaired) electrons. The van der Waals surface area contributed by atoms with E-state index in [2.05, 4.69) is 29.4 Å². The number of rotatable bonds is 8. The third-order valence-corrected chi connectivity index (χ3v) is 3.64. The Morgan fingerprint density at radius 1 is 1.47 bits per heavy atom. The molecule has 1 fully saturated rings. The van der Waals surface area contributed by atoms with Gasteiger partial charge in [0.05, 0.1) is 13.2 Å². The zero-order valence-electron chi connectivity index (χ0n) is 12.6. The average Bonchev–Trinajstić information content (AvgIpc) is 2.41. The van der Waals surface area contributed by atoms with Crippen LogP contribution in [0.4, 0.5) is 0 Å². The van der Waals surface area contributed by atoms with Gasteiger partial charge in [0.1, 0.15) is 0 Å². The smallest absolute Gasteiger partial charge is 0.233 e. The van der Waals surface area contributed by atoms with Gasteiger partial charge in [-0.3, -0.25) is 4.79 Å². The first-order chi connectivity index (χ1) is 9.13. The van der Waals surface area contributed by atoms with Crippen LogP contribution >= 0.6 is 0 Å². The van der Waals surface area contributed by atoms with Gasteiger partial charge in [0.25, 0.3) is 0 Å². The lowest BCUT2D eigenvalue weighted by Crippen LogP contribution is -2.45. The van der Waals surface area contributed by atoms with Crippen LogP contribution in [0.3, 0.4) is 0 Å². The summed E-state index contributed by atoms with van der Waals surface area (Å²) < 4.78 is 4.91. The number of nitrogens with one attached hydrogen (secondary N) is 2. The van der Waals surface area contributed by atoms with Crippen LogP contribution in [0.5, 0.6) is 0 Å². The molecule has 1 aliphatic heterocycles. The summed E-state index contributed by atoms with van der Waals surface area (Å²) in [5, 5.41) is 6.07. The Hall–Kier alpha value is -0.650. The van der Waals surface area contributed by atoms with Gasteiger partial charge in [-0.25, -0.2) is 0 Å². The average molecular weight is 271 g/mol. The Morgan fingerprint density at radius 3 is 2.95 bits per heavy atom. The molecule has 0 aromatic carbocycles. The Bertz CT molecular complexity index is 259. The molecule has 0 saturated carbocycles. The Kier molecular flexibility index (Phi) is 8.02. The standard InChI is InChI=1S/C14H29N3O2/c1-12(2)17-7-4-5-13(11-17)9-16-14(18)10-15-6-8-19-3/h12-13,15H,4-11H2,1-3H3,(H,16,18). The molecule has 19 heavy (non-hydrogen) atoms. The van der Waals surface area contributed by atoms with Gasteiger partial charge in [0, 0.05) is 32.8 Å². The second kappa shape index (κ2) is 9.28. The maximum atomic E-state index is 11.6. The van der Waals surface area contributed by atoms with E-state index in [-0.39, 0.29) is 5.91 Å². The van der Waals surface area contributed by atoms with Crippen LogP contribution in [0.1, 0.15) is 26.7 Å². The van der Waals surface area contributed by atoms with Crippen LogP contribution in [0, 0.1) is 5.92 Å². The minimum absolute atomic E-state index is 0.0813. The number of ether oxygens (including phenoxy) is 1. The summed E-state index contributed by atoms with van der Waals surface area (Å²) in [5.41, 5.74) is 0. The SMILES string of the molecule is COCCNCC(=O)NCC1CCCN(C(C)C)C1. The van der Waals surface area contributed by atoms with Gasteiger partial charge in [-0.15, -0.1) is 0 Å². The summed E-state index contributed by atoms with van der Waals surface area (Å²) in [6, 6.07) is 0.606. The van der Waals surface area contributed by atoms with Crippen molar-refractivity contribution in [3.8, 4) is 0 Å². The molecule has 0 bridgehead atoms. The Morgan fingerprint density at radius 2 is 2.26 bits per heavy atom.